The smallest absolute Gasteiger partial charge is 0.221 e. The number of nitrogens with two attached hydrogens (primary N) is 1. The maximum Gasteiger partial charge on any atom is 0.221 e. The van der Waals surface area contributed by atoms with Crippen molar-refractivity contribution in [1.29, 1.82) is 0 Å². The van der Waals surface area contributed by atoms with E-state index in [1.807, 2.05) is 19.3 Å². The van der Waals surface area contributed by atoms with Crippen LogP contribution in [0.4, 0.5) is 5.95 Å². The van der Waals surface area contributed by atoms with Crippen molar-refractivity contribution >= 4 is 12.2 Å². The number of aromatic nitrogens is 2. The average molecular weight is 242 g/mol. The van der Waals surface area contributed by atoms with Gasteiger partial charge in [0.05, 0.1) is 18.1 Å². The molecule has 0 unspecified atom stereocenters. The molecule has 0 aliphatic heterocycles. The maximum atomic E-state index is 5.74. The van der Waals surface area contributed by atoms with E-state index in [4.69, 9.17) is 5.73 Å². The molecule has 0 saturated heterocycles. The summed E-state index contributed by atoms with van der Waals surface area (Å²) >= 11 is 0. The number of nitrogens with zero attached hydrogens (tertiary/aromatic N) is 3. The Labute approximate surface area is 107 Å². The van der Waals surface area contributed by atoms with Crippen molar-refractivity contribution in [2.75, 3.05) is 5.73 Å². The molecule has 94 valence electrons. The molecule has 2 aromatic rings. The Bertz CT molecular complexity index is 585. The van der Waals surface area contributed by atoms with Crippen LogP contribution in [-0.4, -0.2) is 15.9 Å². The predicted molar refractivity (Wildman–Crippen MR) is 75.0 cm³/mol. The average Bonchev–Trinajstić information content (AvgIpc) is 2.55. The third-order valence-corrected chi connectivity index (χ3v) is 2.88. The normalized spacial score (nSPS) is 11.3. The minimum Gasteiger partial charge on any atom is -0.368 e. The topological polar surface area (TPSA) is 56.2 Å². The number of rotatable bonds is 2. The number of imidazole rings is 1. The predicted octanol–water partition coefficient (Wildman–Crippen LogP) is 2.58. The lowest BCUT2D eigenvalue weighted by Crippen LogP contribution is -1.99. The fourth-order valence-electron chi connectivity index (χ4n) is 2.11. The van der Waals surface area contributed by atoms with Gasteiger partial charge in [0, 0.05) is 5.56 Å². The van der Waals surface area contributed by atoms with Crippen molar-refractivity contribution in [1.82, 2.24) is 9.66 Å². The molecular formula is C14H18N4. The van der Waals surface area contributed by atoms with Crippen LogP contribution in [0.3, 0.4) is 0 Å². The van der Waals surface area contributed by atoms with Gasteiger partial charge in [-0.15, -0.1) is 0 Å². The van der Waals surface area contributed by atoms with E-state index in [1.165, 1.54) is 16.7 Å². The van der Waals surface area contributed by atoms with Gasteiger partial charge in [-0.25, -0.2) is 9.66 Å². The minimum absolute atomic E-state index is 0.408. The van der Waals surface area contributed by atoms with Gasteiger partial charge in [-0.2, -0.15) is 5.10 Å². The van der Waals surface area contributed by atoms with Crippen LogP contribution in [0.25, 0.3) is 0 Å². The van der Waals surface area contributed by atoms with Crippen LogP contribution in [0, 0.1) is 27.7 Å². The molecule has 0 saturated carbocycles. The van der Waals surface area contributed by atoms with Gasteiger partial charge in [-0.3, -0.25) is 0 Å². The van der Waals surface area contributed by atoms with Crippen molar-refractivity contribution in [3.8, 4) is 0 Å². The van der Waals surface area contributed by atoms with Crippen LogP contribution in [0.15, 0.2) is 23.4 Å². The summed E-state index contributed by atoms with van der Waals surface area (Å²) in [6, 6.07) is 4.30. The Morgan fingerprint density at radius 1 is 1.17 bits per heavy atom. The molecule has 1 heterocycles. The van der Waals surface area contributed by atoms with Gasteiger partial charge >= 0.3 is 0 Å². The number of nitrogen functional groups attached to an aromatic ring is 1. The molecule has 0 aliphatic carbocycles. The molecule has 4 heteroatoms. The second-order valence-corrected chi connectivity index (χ2v) is 4.64. The molecule has 0 bridgehead atoms. The van der Waals surface area contributed by atoms with Gasteiger partial charge in [0.15, 0.2) is 0 Å². The van der Waals surface area contributed by atoms with Crippen LogP contribution in [0.1, 0.15) is 27.9 Å². The van der Waals surface area contributed by atoms with E-state index >= 15 is 0 Å². The second kappa shape index (κ2) is 4.64. The molecule has 4 nitrogen and oxygen atoms in total. The van der Waals surface area contributed by atoms with Crippen molar-refractivity contribution in [2.45, 2.75) is 27.7 Å². The van der Waals surface area contributed by atoms with Crippen LogP contribution in [0.2, 0.25) is 0 Å². The van der Waals surface area contributed by atoms with Gasteiger partial charge < -0.3 is 5.73 Å². The molecule has 0 radical (unpaired) electrons. The maximum absolute atomic E-state index is 5.74. The summed E-state index contributed by atoms with van der Waals surface area (Å²) in [5, 5.41) is 4.35. The molecule has 2 N–H and O–H groups in total. The standard InChI is InChI=1S/C14H18N4/c1-9-5-10(2)13(11(3)6-9)7-16-18-8-12(4)17-14(18)15/h5-8H,1-4H3,(H2,15,17). The summed E-state index contributed by atoms with van der Waals surface area (Å²) in [6.07, 6.45) is 3.65. The fourth-order valence-corrected chi connectivity index (χ4v) is 2.11. The Kier molecular flexibility index (Phi) is 3.19. The first-order valence-corrected chi connectivity index (χ1v) is 5.91. The zero-order valence-corrected chi connectivity index (χ0v) is 11.2. The highest BCUT2D eigenvalue weighted by molar-refractivity contribution is 5.83. The van der Waals surface area contributed by atoms with E-state index in [9.17, 15) is 0 Å². The lowest BCUT2D eigenvalue weighted by Gasteiger charge is -2.06. The summed E-state index contributed by atoms with van der Waals surface area (Å²) in [7, 11) is 0. The van der Waals surface area contributed by atoms with Crippen LogP contribution >= 0.6 is 0 Å². The molecular weight excluding hydrogens is 224 g/mol. The van der Waals surface area contributed by atoms with Crippen LogP contribution in [0.5, 0.6) is 0 Å². The monoisotopic (exact) mass is 242 g/mol. The summed E-state index contributed by atoms with van der Waals surface area (Å²) in [5.41, 5.74) is 11.4. The number of anilines is 1. The first-order chi connectivity index (χ1) is 8.47. The molecule has 0 spiro atoms. The molecule has 0 aliphatic rings. The summed E-state index contributed by atoms with van der Waals surface area (Å²) in [6.45, 7) is 8.16. The van der Waals surface area contributed by atoms with Crippen LogP contribution < -0.4 is 5.73 Å². The third-order valence-electron chi connectivity index (χ3n) is 2.88. The molecule has 0 atom stereocenters. The van der Waals surface area contributed by atoms with E-state index in [-0.39, 0.29) is 0 Å². The van der Waals surface area contributed by atoms with Crippen molar-refractivity contribution in [3.63, 3.8) is 0 Å². The second-order valence-electron chi connectivity index (χ2n) is 4.64. The first kappa shape index (κ1) is 12.4. The highest BCUT2D eigenvalue weighted by atomic mass is 15.4. The molecule has 0 amide bonds. The van der Waals surface area contributed by atoms with Crippen molar-refractivity contribution < 1.29 is 0 Å². The number of benzene rings is 1. The van der Waals surface area contributed by atoms with Gasteiger partial charge in [0.1, 0.15) is 0 Å². The zero-order chi connectivity index (χ0) is 13.3. The summed E-state index contributed by atoms with van der Waals surface area (Å²) in [5.74, 6) is 0.408. The van der Waals surface area contributed by atoms with Crippen molar-refractivity contribution in [2.24, 2.45) is 5.10 Å². The molecule has 1 aromatic carbocycles. The van der Waals surface area contributed by atoms with E-state index in [2.05, 4.69) is 43.0 Å². The third kappa shape index (κ3) is 2.42. The number of hydrogen-bond acceptors (Lipinski definition) is 3. The molecule has 18 heavy (non-hydrogen) atoms. The summed E-state index contributed by atoms with van der Waals surface area (Å²) in [4.78, 5) is 4.11. The summed E-state index contributed by atoms with van der Waals surface area (Å²) < 4.78 is 1.59. The van der Waals surface area contributed by atoms with Gasteiger partial charge in [0.2, 0.25) is 5.95 Å². The van der Waals surface area contributed by atoms with E-state index in [0.29, 0.717) is 5.95 Å². The fraction of sp³-hybridized carbons (Fsp3) is 0.286. The Morgan fingerprint density at radius 2 is 1.78 bits per heavy atom. The van der Waals surface area contributed by atoms with Gasteiger partial charge in [0.25, 0.3) is 0 Å². The number of aryl methyl sites for hydroxylation is 4. The SMILES string of the molecule is Cc1cc(C)c(C=Nn2cc(C)nc2N)c(C)c1. The molecule has 0 fully saturated rings. The molecule has 2 rings (SSSR count). The van der Waals surface area contributed by atoms with Gasteiger partial charge in [-0.1, -0.05) is 17.7 Å². The van der Waals surface area contributed by atoms with E-state index in [1.54, 1.807) is 4.68 Å². The Hall–Kier alpha value is -2.10. The zero-order valence-electron chi connectivity index (χ0n) is 11.2. The van der Waals surface area contributed by atoms with Gasteiger partial charge in [-0.05, 0) is 38.8 Å². The van der Waals surface area contributed by atoms with E-state index in [0.717, 1.165) is 11.3 Å². The Balaban J connectivity index is 2.37. The molecule has 1 aromatic heterocycles. The lowest BCUT2D eigenvalue weighted by atomic mass is 10.0. The minimum atomic E-state index is 0.408. The Morgan fingerprint density at radius 3 is 2.28 bits per heavy atom. The van der Waals surface area contributed by atoms with Crippen molar-refractivity contribution in [3.05, 3.63) is 46.3 Å². The number of hydrogen-bond donors (Lipinski definition) is 1. The quantitative estimate of drug-likeness (QED) is 0.823. The first-order valence-electron chi connectivity index (χ1n) is 5.91. The largest absolute Gasteiger partial charge is 0.368 e. The highest BCUT2D eigenvalue weighted by Gasteiger charge is 2.02. The lowest BCUT2D eigenvalue weighted by molar-refractivity contribution is 0.896. The van der Waals surface area contributed by atoms with E-state index < -0.39 is 0 Å². The van der Waals surface area contributed by atoms with Crippen LogP contribution in [-0.2, 0) is 0 Å². The highest BCUT2D eigenvalue weighted by Crippen LogP contribution is 2.14.